The van der Waals surface area contributed by atoms with Gasteiger partial charge in [0.2, 0.25) is 11.8 Å². The molecule has 204 valence electrons. The molecule has 2 aliphatic rings. The van der Waals surface area contributed by atoms with E-state index in [1.807, 2.05) is 23.6 Å². The molecule has 8 nitrogen and oxygen atoms in total. The molecule has 1 aromatic carbocycles. The van der Waals surface area contributed by atoms with Gasteiger partial charge in [0.25, 0.3) is 5.91 Å². The minimum atomic E-state index is -0.202. The molecule has 2 aliphatic heterocycles. The second kappa shape index (κ2) is 13.5. The molecule has 1 aromatic heterocycles. The highest BCUT2D eigenvalue weighted by atomic mass is 32.2. The summed E-state index contributed by atoms with van der Waals surface area (Å²) in [6.07, 6.45) is 5.46. The summed E-state index contributed by atoms with van der Waals surface area (Å²) < 4.78 is 0.551. The Hall–Kier alpha value is -2.50. The Morgan fingerprint density at radius 2 is 1.97 bits per heavy atom. The highest BCUT2D eigenvalue weighted by Gasteiger charge is 2.27. The van der Waals surface area contributed by atoms with Gasteiger partial charge in [0.1, 0.15) is 10.0 Å². The average molecular weight is 574 g/mol. The first kappa shape index (κ1) is 28.5. The van der Waals surface area contributed by atoms with Gasteiger partial charge in [-0.2, -0.15) is 0 Å². The highest BCUT2D eigenvalue weighted by molar-refractivity contribution is 8.23. The molecule has 0 radical (unpaired) electrons. The molecule has 38 heavy (non-hydrogen) atoms. The fraction of sp³-hybridized carbons (Fsp3) is 0.519. The maximum Gasteiger partial charge on any atom is 0.275 e. The number of nitrogens with zero attached hydrogens (tertiary/aromatic N) is 4. The van der Waals surface area contributed by atoms with Gasteiger partial charge in [-0.25, -0.2) is 4.98 Å². The molecule has 1 N–H and O–H groups in total. The van der Waals surface area contributed by atoms with Crippen molar-refractivity contribution in [1.29, 1.82) is 0 Å². The predicted octanol–water partition coefficient (Wildman–Crippen LogP) is 4.98. The zero-order valence-electron chi connectivity index (χ0n) is 22.0. The van der Waals surface area contributed by atoms with Crippen LogP contribution < -0.4 is 10.2 Å². The summed E-state index contributed by atoms with van der Waals surface area (Å²) in [6, 6.07) is 7.96. The monoisotopic (exact) mass is 573 g/mol. The number of anilines is 2. The van der Waals surface area contributed by atoms with Crippen LogP contribution in [0.25, 0.3) is 0 Å². The summed E-state index contributed by atoms with van der Waals surface area (Å²) in [5, 5.41) is 5.80. The van der Waals surface area contributed by atoms with Crippen LogP contribution in [0.2, 0.25) is 0 Å². The van der Waals surface area contributed by atoms with E-state index in [-0.39, 0.29) is 30.1 Å². The molecular formula is C27H35N5O3S3. The minimum Gasteiger partial charge on any atom is -0.370 e. The summed E-state index contributed by atoms with van der Waals surface area (Å²) in [7, 11) is 1.79. The third-order valence-corrected chi connectivity index (χ3v) is 9.51. The Morgan fingerprint density at radius 3 is 2.68 bits per heavy atom. The van der Waals surface area contributed by atoms with E-state index in [1.54, 1.807) is 11.9 Å². The Bertz CT molecular complexity index is 1150. The smallest absolute Gasteiger partial charge is 0.275 e. The summed E-state index contributed by atoms with van der Waals surface area (Å²) in [4.78, 5) is 47.8. The maximum atomic E-state index is 13.1. The molecule has 11 heteroatoms. The van der Waals surface area contributed by atoms with E-state index >= 15 is 0 Å². The first-order chi connectivity index (χ1) is 18.4. The van der Waals surface area contributed by atoms with Crippen LogP contribution in [-0.2, 0) is 9.59 Å². The van der Waals surface area contributed by atoms with Crippen LogP contribution in [0, 0.1) is 0 Å². The van der Waals surface area contributed by atoms with Gasteiger partial charge >= 0.3 is 0 Å². The molecule has 1 atom stereocenters. The molecule has 0 aliphatic carbocycles. The molecule has 2 saturated heterocycles. The number of amides is 3. The van der Waals surface area contributed by atoms with Crippen molar-refractivity contribution in [3.63, 3.8) is 0 Å². The molecule has 4 rings (SSSR count). The molecule has 0 bridgehead atoms. The largest absolute Gasteiger partial charge is 0.370 e. The zero-order valence-corrected chi connectivity index (χ0v) is 24.4. The van der Waals surface area contributed by atoms with Gasteiger partial charge in [-0.15, -0.1) is 11.3 Å². The van der Waals surface area contributed by atoms with Crippen LogP contribution >= 0.6 is 35.3 Å². The van der Waals surface area contributed by atoms with E-state index in [1.165, 1.54) is 47.3 Å². The molecule has 2 aromatic rings. The second-order valence-electron chi connectivity index (χ2n) is 9.65. The lowest BCUT2D eigenvalue weighted by molar-refractivity contribution is -0.130. The van der Waals surface area contributed by atoms with Crippen molar-refractivity contribution in [2.75, 3.05) is 49.2 Å². The lowest BCUT2D eigenvalue weighted by Crippen LogP contribution is -2.35. The van der Waals surface area contributed by atoms with E-state index in [4.69, 9.17) is 12.2 Å². The van der Waals surface area contributed by atoms with Crippen molar-refractivity contribution in [3.8, 4) is 0 Å². The number of rotatable bonds is 11. The minimum absolute atomic E-state index is 0.0149. The van der Waals surface area contributed by atoms with Gasteiger partial charge in [-0.05, 0) is 44.2 Å². The van der Waals surface area contributed by atoms with Gasteiger partial charge in [-0.1, -0.05) is 43.0 Å². The lowest BCUT2D eigenvalue weighted by atomic mass is 10.0. The van der Waals surface area contributed by atoms with Crippen LogP contribution in [0.15, 0.2) is 29.6 Å². The molecule has 2 fully saturated rings. The van der Waals surface area contributed by atoms with E-state index < -0.39 is 0 Å². The maximum absolute atomic E-state index is 13.1. The fourth-order valence-electron chi connectivity index (χ4n) is 4.73. The van der Waals surface area contributed by atoms with Crippen molar-refractivity contribution in [2.45, 2.75) is 51.4 Å². The van der Waals surface area contributed by atoms with Gasteiger partial charge in [0.05, 0.1) is 22.1 Å². The number of carbonyl (C=O) groups excluding carboxylic acids is 3. The van der Waals surface area contributed by atoms with E-state index in [2.05, 4.69) is 28.2 Å². The fourth-order valence-corrected chi connectivity index (χ4v) is 6.87. The standard InChI is InChI=1S/C27H35N5O3S3/c1-3-19(11-15-30(2)23(33)12-16-32-24(34)18-38-27(32)36)26-29-21(17-37-26)25(35)28-20-9-5-6-10-22(20)31-13-7-4-8-14-31/h5-6,9-10,17,19H,3-4,7-8,11-16,18H2,1-2H3,(H,28,35). The van der Waals surface area contributed by atoms with Crippen molar-refractivity contribution >= 4 is 68.7 Å². The number of benzene rings is 1. The summed E-state index contributed by atoms with van der Waals surface area (Å²) in [5.74, 6) is 0.270. The van der Waals surface area contributed by atoms with Crippen molar-refractivity contribution in [3.05, 3.63) is 40.3 Å². The van der Waals surface area contributed by atoms with E-state index in [0.717, 1.165) is 42.3 Å². The number of carbonyl (C=O) groups is 3. The number of hydrogen-bond acceptors (Lipinski definition) is 8. The molecule has 0 spiro atoms. The zero-order chi connectivity index (χ0) is 27.1. The molecule has 1 unspecified atom stereocenters. The SMILES string of the molecule is CCC(CCN(C)C(=O)CCN1C(=O)CSC1=S)c1nc(C(=O)Nc2ccccc2N2CCCCC2)cs1. The quantitative estimate of drug-likeness (QED) is 0.380. The summed E-state index contributed by atoms with van der Waals surface area (Å²) >= 11 is 8.03. The molecular weight excluding hydrogens is 539 g/mol. The van der Waals surface area contributed by atoms with E-state index in [9.17, 15) is 14.4 Å². The van der Waals surface area contributed by atoms with Gasteiger partial charge < -0.3 is 15.1 Å². The van der Waals surface area contributed by atoms with E-state index in [0.29, 0.717) is 28.9 Å². The Labute approximate surface area is 238 Å². The van der Waals surface area contributed by atoms with Gasteiger partial charge in [-0.3, -0.25) is 19.3 Å². The number of hydrogen-bond donors (Lipinski definition) is 1. The van der Waals surface area contributed by atoms with Crippen LogP contribution in [0.1, 0.15) is 66.9 Å². The highest BCUT2D eigenvalue weighted by Crippen LogP contribution is 2.30. The third kappa shape index (κ3) is 7.12. The number of para-hydroxylation sites is 2. The van der Waals surface area contributed by atoms with Crippen LogP contribution in [0.4, 0.5) is 11.4 Å². The van der Waals surface area contributed by atoms with Crippen molar-refractivity contribution in [1.82, 2.24) is 14.8 Å². The Balaban J connectivity index is 1.30. The molecule has 3 heterocycles. The van der Waals surface area contributed by atoms with Gasteiger partial charge in [0.15, 0.2) is 0 Å². The lowest BCUT2D eigenvalue weighted by Gasteiger charge is -2.30. The Morgan fingerprint density at radius 1 is 1.21 bits per heavy atom. The number of thiazole rings is 1. The van der Waals surface area contributed by atoms with Crippen molar-refractivity contribution in [2.24, 2.45) is 0 Å². The van der Waals surface area contributed by atoms with Crippen LogP contribution in [0.3, 0.4) is 0 Å². The normalized spacial score (nSPS) is 16.6. The number of nitrogens with one attached hydrogen (secondary N) is 1. The Kier molecular flexibility index (Phi) is 10.1. The predicted molar refractivity (Wildman–Crippen MR) is 159 cm³/mol. The number of thioether (sulfide) groups is 1. The first-order valence-corrected chi connectivity index (χ1v) is 15.5. The molecule has 3 amide bonds. The molecule has 0 saturated carbocycles. The second-order valence-corrected chi connectivity index (χ2v) is 12.1. The average Bonchev–Trinajstić information content (AvgIpc) is 3.55. The first-order valence-electron chi connectivity index (χ1n) is 13.2. The summed E-state index contributed by atoms with van der Waals surface area (Å²) in [5.41, 5.74) is 2.30. The van der Waals surface area contributed by atoms with Crippen molar-refractivity contribution < 1.29 is 14.4 Å². The van der Waals surface area contributed by atoms with Crippen LogP contribution in [-0.4, -0.2) is 75.8 Å². The third-order valence-electron chi connectivity index (χ3n) is 7.07. The summed E-state index contributed by atoms with van der Waals surface area (Å²) in [6.45, 7) is 5.02. The van der Waals surface area contributed by atoms with Gasteiger partial charge in [0, 0.05) is 50.9 Å². The number of thiocarbonyl (C=S) groups is 1. The number of aromatic nitrogens is 1. The number of piperidine rings is 1. The topological polar surface area (TPSA) is 85.9 Å². The van der Waals surface area contributed by atoms with Crippen LogP contribution in [0.5, 0.6) is 0 Å².